The largest absolute Gasteiger partial charge is 0.396 e. The van der Waals surface area contributed by atoms with Crippen LogP contribution < -0.4 is 0 Å². The average molecular weight is 284 g/mol. The second-order valence-corrected chi connectivity index (χ2v) is 5.54. The summed E-state index contributed by atoms with van der Waals surface area (Å²) in [6.45, 7) is 0.221. The van der Waals surface area contributed by atoms with Gasteiger partial charge in [-0.1, -0.05) is 42.1 Å². The first-order chi connectivity index (χ1) is 9.90. The van der Waals surface area contributed by atoms with E-state index in [2.05, 4.69) is 22.8 Å². The SMILES string of the molecule is OCCCSc1nc2ccccc2n1-c1ccccc1. The summed E-state index contributed by atoms with van der Waals surface area (Å²) in [6, 6.07) is 18.4. The van der Waals surface area contributed by atoms with E-state index in [1.54, 1.807) is 11.8 Å². The van der Waals surface area contributed by atoms with E-state index in [1.807, 2.05) is 36.4 Å². The fraction of sp³-hybridized carbons (Fsp3) is 0.188. The summed E-state index contributed by atoms with van der Waals surface area (Å²) >= 11 is 1.68. The predicted octanol–water partition coefficient (Wildman–Crippen LogP) is 3.50. The van der Waals surface area contributed by atoms with Crippen molar-refractivity contribution in [2.75, 3.05) is 12.4 Å². The Bertz CT molecular complexity index is 694. The summed E-state index contributed by atoms with van der Waals surface area (Å²) in [7, 11) is 0. The van der Waals surface area contributed by atoms with Gasteiger partial charge in [0, 0.05) is 18.0 Å². The van der Waals surface area contributed by atoms with E-state index in [4.69, 9.17) is 10.1 Å². The van der Waals surface area contributed by atoms with Crippen molar-refractivity contribution < 1.29 is 5.11 Å². The first-order valence-corrected chi connectivity index (χ1v) is 7.65. The molecule has 3 nitrogen and oxygen atoms in total. The molecule has 3 rings (SSSR count). The molecule has 20 heavy (non-hydrogen) atoms. The summed E-state index contributed by atoms with van der Waals surface area (Å²) in [5.74, 6) is 0.868. The van der Waals surface area contributed by atoms with E-state index >= 15 is 0 Å². The van der Waals surface area contributed by atoms with Crippen LogP contribution in [0.1, 0.15) is 6.42 Å². The van der Waals surface area contributed by atoms with Gasteiger partial charge in [-0.2, -0.15) is 0 Å². The summed E-state index contributed by atoms with van der Waals surface area (Å²) in [5, 5.41) is 9.91. The van der Waals surface area contributed by atoms with Crippen LogP contribution >= 0.6 is 11.8 Å². The topological polar surface area (TPSA) is 38.1 Å². The lowest BCUT2D eigenvalue weighted by Gasteiger charge is -2.08. The van der Waals surface area contributed by atoms with E-state index < -0.39 is 0 Å². The smallest absolute Gasteiger partial charge is 0.173 e. The summed E-state index contributed by atoms with van der Waals surface area (Å²) < 4.78 is 2.18. The van der Waals surface area contributed by atoms with Crippen molar-refractivity contribution in [3.05, 3.63) is 54.6 Å². The number of aliphatic hydroxyl groups excluding tert-OH is 1. The Kier molecular flexibility index (Phi) is 4.04. The normalized spacial score (nSPS) is 11.1. The highest BCUT2D eigenvalue weighted by molar-refractivity contribution is 7.99. The van der Waals surface area contributed by atoms with Gasteiger partial charge in [0.25, 0.3) is 0 Å². The summed E-state index contributed by atoms with van der Waals surface area (Å²) in [6.07, 6.45) is 0.780. The Morgan fingerprint density at radius 2 is 1.75 bits per heavy atom. The number of rotatable bonds is 5. The molecule has 1 N–H and O–H groups in total. The number of aliphatic hydroxyl groups is 1. The Morgan fingerprint density at radius 1 is 1.00 bits per heavy atom. The van der Waals surface area contributed by atoms with Gasteiger partial charge in [0.2, 0.25) is 0 Å². The molecule has 0 aliphatic carbocycles. The van der Waals surface area contributed by atoms with Crippen molar-refractivity contribution in [1.29, 1.82) is 0 Å². The molecule has 0 amide bonds. The monoisotopic (exact) mass is 284 g/mol. The molecular formula is C16H16N2OS. The maximum Gasteiger partial charge on any atom is 0.173 e. The van der Waals surface area contributed by atoms with Crippen LogP contribution in [0.2, 0.25) is 0 Å². The molecule has 0 spiro atoms. The van der Waals surface area contributed by atoms with Crippen LogP contribution in [-0.2, 0) is 0 Å². The fourth-order valence-electron chi connectivity index (χ4n) is 2.16. The first kappa shape index (κ1) is 13.2. The van der Waals surface area contributed by atoms with Crippen molar-refractivity contribution in [2.45, 2.75) is 11.6 Å². The first-order valence-electron chi connectivity index (χ1n) is 6.67. The molecule has 1 heterocycles. The molecule has 0 aliphatic rings. The lowest BCUT2D eigenvalue weighted by atomic mass is 10.3. The number of nitrogens with zero attached hydrogens (tertiary/aromatic N) is 2. The zero-order valence-electron chi connectivity index (χ0n) is 11.1. The second kappa shape index (κ2) is 6.11. The molecule has 0 saturated heterocycles. The molecular weight excluding hydrogens is 268 g/mol. The zero-order valence-corrected chi connectivity index (χ0v) is 11.9. The number of benzene rings is 2. The number of para-hydroxylation sites is 3. The third-order valence-corrected chi connectivity index (χ3v) is 4.10. The number of imidazole rings is 1. The Morgan fingerprint density at radius 3 is 2.55 bits per heavy atom. The standard InChI is InChI=1S/C16H16N2OS/c19-11-6-12-20-16-17-14-9-4-5-10-15(14)18(16)13-7-2-1-3-8-13/h1-5,7-10,19H,6,11-12H2. The highest BCUT2D eigenvalue weighted by Crippen LogP contribution is 2.28. The average Bonchev–Trinajstić information content (AvgIpc) is 2.86. The molecule has 0 saturated carbocycles. The summed E-state index contributed by atoms with van der Waals surface area (Å²) in [5.41, 5.74) is 3.24. The minimum absolute atomic E-state index is 0.221. The number of fused-ring (bicyclic) bond motifs is 1. The van der Waals surface area contributed by atoms with Gasteiger partial charge in [0.1, 0.15) is 0 Å². The van der Waals surface area contributed by atoms with E-state index in [-0.39, 0.29) is 6.61 Å². The van der Waals surface area contributed by atoms with Crippen molar-refractivity contribution in [3.63, 3.8) is 0 Å². The number of hydrogen-bond donors (Lipinski definition) is 1. The van der Waals surface area contributed by atoms with E-state index in [0.717, 1.165) is 34.1 Å². The van der Waals surface area contributed by atoms with Gasteiger partial charge >= 0.3 is 0 Å². The van der Waals surface area contributed by atoms with Gasteiger partial charge in [0.05, 0.1) is 11.0 Å². The molecule has 2 aromatic carbocycles. The molecule has 0 bridgehead atoms. The van der Waals surface area contributed by atoms with Crippen molar-refractivity contribution in [1.82, 2.24) is 9.55 Å². The van der Waals surface area contributed by atoms with Crippen LogP contribution in [0.3, 0.4) is 0 Å². The van der Waals surface area contributed by atoms with E-state index in [9.17, 15) is 0 Å². The predicted molar refractivity (Wildman–Crippen MR) is 83.5 cm³/mol. The van der Waals surface area contributed by atoms with Gasteiger partial charge < -0.3 is 5.11 Å². The van der Waals surface area contributed by atoms with Crippen LogP contribution in [-0.4, -0.2) is 27.0 Å². The zero-order chi connectivity index (χ0) is 13.8. The number of aromatic nitrogens is 2. The lowest BCUT2D eigenvalue weighted by Crippen LogP contribution is -1.97. The third kappa shape index (κ3) is 2.57. The van der Waals surface area contributed by atoms with Crippen molar-refractivity contribution in [2.24, 2.45) is 0 Å². The molecule has 102 valence electrons. The van der Waals surface area contributed by atoms with Gasteiger partial charge in [-0.25, -0.2) is 4.98 Å². The molecule has 0 fully saturated rings. The molecule has 1 aromatic heterocycles. The van der Waals surface area contributed by atoms with Crippen molar-refractivity contribution in [3.8, 4) is 5.69 Å². The minimum atomic E-state index is 0.221. The highest BCUT2D eigenvalue weighted by Gasteiger charge is 2.11. The molecule has 0 atom stereocenters. The van der Waals surface area contributed by atoms with Gasteiger partial charge in [-0.3, -0.25) is 4.57 Å². The number of thioether (sulfide) groups is 1. The lowest BCUT2D eigenvalue weighted by molar-refractivity contribution is 0.296. The molecule has 0 radical (unpaired) electrons. The maximum absolute atomic E-state index is 8.93. The molecule has 0 aliphatic heterocycles. The van der Waals surface area contributed by atoms with E-state index in [0.29, 0.717) is 0 Å². The summed E-state index contributed by atoms with van der Waals surface area (Å²) in [4.78, 5) is 4.71. The van der Waals surface area contributed by atoms with Crippen LogP contribution in [0.15, 0.2) is 59.8 Å². The maximum atomic E-state index is 8.93. The van der Waals surface area contributed by atoms with E-state index in [1.165, 1.54) is 0 Å². The van der Waals surface area contributed by atoms with Gasteiger partial charge in [-0.15, -0.1) is 0 Å². The minimum Gasteiger partial charge on any atom is -0.396 e. The van der Waals surface area contributed by atoms with Crippen LogP contribution in [0.5, 0.6) is 0 Å². The van der Waals surface area contributed by atoms with Crippen LogP contribution in [0.4, 0.5) is 0 Å². The Balaban J connectivity index is 2.09. The highest BCUT2D eigenvalue weighted by atomic mass is 32.2. The Labute approximate surface area is 122 Å². The molecule has 3 aromatic rings. The quantitative estimate of drug-likeness (QED) is 0.575. The van der Waals surface area contributed by atoms with Crippen molar-refractivity contribution >= 4 is 22.8 Å². The molecule has 4 heteroatoms. The van der Waals surface area contributed by atoms with Gasteiger partial charge in [-0.05, 0) is 30.7 Å². The van der Waals surface area contributed by atoms with Crippen LogP contribution in [0, 0.1) is 0 Å². The van der Waals surface area contributed by atoms with Gasteiger partial charge in [0.15, 0.2) is 5.16 Å². The second-order valence-electron chi connectivity index (χ2n) is 4.48. The van der Waals surface area contributed by atoms with Crippen LogP contribution in [0.25, 0.3) is 16.7 Å². The fourth-order valence-corrected chi connectivity index (χ4v) is 3.11. The Hall–Kier alpha value is -1.78. The third-order valence-electron chi connectivity index (χ3n) is 3.08. The number of hydrogen-bond acceptors (Lipinski definition) is 3. The molecule has 0 unspecified atom stereocenters.